The number of hydrogen-bond donors (Lipinski definition) is 2. The number of anilines is 2. The summed E-state index contributed by atoms with van der Waals surface area (Å²) in [5.41, 5.74) is 2.06. The molecule has 1 aliphatic carbocycles. The molecule has 10 rings (SSSR count). The largest absolute Gasteiger partial charge is 0.376 e. The van der Waals surface area contributed by atoms with Gasteiger partial charge in [0.1, 0.15) is 30.3 Å². The van der Waals surface area contributed by atoms with E-state index in [-0.39, 0.29) is 66.8 Å². The van der Waals surface area contributed by atoms with Crippen molar-refractivity contribution < 1.29 is 41.8 Å². The molecule has 5 fully saturated rings. The molecule has 4 atom stereocenters. The Balaban J connectivity index is 0.713. The summed E-state index contributed by atoms with van der Waals surface area (Å²) < 4.78 is 67.1. The Kier molecular flexibility index (Phi) is 13.7. The van der Waals surface area contributed by atoms with Crippen molar-refractivity contribution in [1.82, 2.24) is 44.4 Å². The highest BCUT2D eigenvalue weighted by Gasteiger charge is 2.36. The number of hydrogen-bond acceptors (Lipinski definition) is 12. The molecule has 8 heterocycles. The molecular weight excluding hydrogens is 896 g/mol. The fraction of sp³-hybridized carbons (Fsp3) is 0.571. The molecule has 2 unspecified atom stereocenters. The van der Waals surface area contributed by atoms with Gasteiger partial charge in [-0.3, -0.25) is 29.1 Å². The van der Waals surface area contributed by atoms with Gasteiger partial charge in [0.2, 0.25) is 11.8 Å². The van der Waals surface area contributed by atoms with Gasteiger partial charge < -0.3 is 29.3 Å². The van der Waals surface area contributed by atoms with Crippen LogP contribution in [0.25, 0.3) is 16.6 Å². The first-order chi connectivity index (χ1) is 33.4. The molecule has 17 nitrogen and oxygen atoms in total. The van der Waals surface area contributed by atoms with Crippen LogP contribution >= 0.6 is 0 Å². The molecule has 0 spiro atoms. The normalized spacial score (nSPS) is 25.4. The van der Waals surface area contributed by atoms with Crippen LogP contribution in [0, 0.1) is 23.7 Å². The summed E-state index contributed by atoms with van der Waals surface area (Å²) in [5.74, 6) is 5.48. The molecule has 2 N–H and O–H groups in total. The van der Waals surface area contributed by atoms with Gasteiger partial charge in [-0.05, 0) is 81.9 Å². The van der Waals surface area contributed by atoms with E-state index in [4.69, 9.17) is 19.2 Å². The van der Waals surface area contributed by atoms with Gasteiger partial charge in [0.25, 0.3) is 12.3 Å². The minimum Gasteiger partial charge on any atom is -0.376 e. The number of nitrogens with one attached hydrogen (secondary N) is 2. The Hall–Kier alpha value is -5.88. The monoisotopic (exact) mass is 953 g/mol. The van der Waals surface area contributed by atoms with Crippen LogP contribution < -0.4 is 15.5 Å². The number of halogens is 3. The molecule has 5 aliphatic rings. The molecule has 4 aromatic heterocycles. The summed E-state index contributed by atoms with van der Waals surface area (Å²) >= 11 is 0. The quantitative estimate of drug-likeness (QED) is 0.115. The van der Waals surface area contributed by atoms with Crippen molar-refractivity contribution in [2.75, 3.05) is 62.8 Å². The summed E-state index contributed by atoms with van der Waals surface area (Å²) in [4.78, 5) is 47.1. The van der Waals surface area contributed by atoms with Crippen molar-refractivity contribution in [3.8, 4) is 11.8 Å². The third kappa shape index (κ3) is 10.1. The average molecular weight is 954 g/mol. The number of imide groups is 1. The number of benzene rings is 1. The topological polar surface area (TPSA) is 175 Å². The zero-order valence-electron chi connectivity index (χ0n) is 38.9. The molecule has 4 aliphatic heterocycles. The van der Waals surface area contributed by atoms with Gasteiger partial charge in [-0.15, -0.1) is 0 Å². The number of aryl methyl sites for hydroxylation is 1. The second-order valence-electron chi connectivity index (χ2n) is 19.3. The highest BCUT2D eigenvalue weighted by molar-refractivity contribution is 6.08. The maximum atomic E-state index is 16.0. The van der Waals surface area contributed by atoms with E-state index in [1.165, 1.54) is 16.9 Å². The third-order valence-corrected chi connectivity index (χ3v) is 14.6. The van der Waals surface area contributed by atoms with Crippen molar-refractivity contribution in [2.24, 2.45) is 18.9 Å². The van der Waals surface area contributed by atoms with E-state index < -0.39 is 36.2 Å². The van der Waals surface area contributed by atoms with Crippen molar-refractivity contribution in [1.29, 1.82) is 0 Å². The van der Waals surface area contributed by atoms with Gasteiger partial charge in [0.05, 0.1) is 66.0 Å². The fourth-order valence-corrected chi connectivity index (χ4v) is 10.7. The third-order valence-electron chi connectivity index (χ3n) is 14.6. The zero-order chi connectivity index (χ0) is 47.8. The first kappa shape index (κ1) is 46.8. The van der Waals surface area contributed by atoms with Gasteiger partial charge in [-0.2, -0.15) is 15.3 Å². The summed E-state index contributed by atoms with van der Waals surface area (Å²) in [7, 11) is 1.80. The van der Waals surface area contributed by atoms with Crippen LogP contribution in [-0.4, -0.2) is 134 Å². The molecule has 0 bridgehead atoms. The van der Waals surface area contributed by atoms with Gasteiger partial charge in [0, 0.05) is 57.4 Å². The Bertz CT molecular complexity index is 2750. The molecule has 1 saturated carbocycles. The first-order valence-corrected chi connectivity index (χ1v) is 24.2. The van der Waals surface area contributed by atoms with Crippen LogP contribution in [0.15, 0.2) is 42.9 Å². The lowest BCUT2D eigenvalue weighted by atomic mass is 9.85. The molecule has 3 amide bonds. The molecule has 69 heavy (non-hydrogen) atoms. The standard InChI is InChI=1S/C49H58F3N11O6/c1-29-14-18-60(25-38(50)45(29)68-22-4-6-31-5-3-7-35-42(57-59(2)44(31)35)36-12-13-41(64)56-48(36)65)24-30-8-10-32(11-9-30)63-26-39(43(58-63)46(51)52)54-49(66)37-23-53-62-21-17-40(55-47(37)62)61-19-15-33(16-20-61)69-34-27-67-28-34/h3,5,7,17,21,23,26,29-30,32-34,36,38,45-46H,8-16,18-20,22,24-25,27-28H2,1-2H3,(H,54,66)(H,56,64,65)/t29?,30-,32-,36?,38-,45+/m1/s1. The van der Waals surface area contributed by atoms with Crippen molar-refractivity contribution in [2.45, 2.75) is 108 Å². The smallest absolute Gasteiger partial charge is 0.284 e. The van der Waals surface area contributed by atoms with Crippen LogP contribution in [0.4, 0.5) is 24.7 Å². The van der Waals surface area contributed by atoms with Gasteiger partial charge in [-0.1, -0.05) is 30.9 Å². The van der Waals surface area contributed by atoms with Crippen LogP contribution in [0.1, 0.15) is 110 Å². The predicted molar refractivity (Wildman–Crippen MR) is 248 cm³/mol. The average Bonchev–Trinajstić information content (AvgIpc) is 4.03. The molecule has 366 valence electrons. The summed E-state index contributed by atoms with van der Waals surface area (Å²) in [6.45, 7) is 6.54. The number of amides is 3. The van der Waals surface area contributed by atoms with E-state index in [0.717, 1.165) is 69.2 Å². The van der Waals surface area contributed by atoms with Gasteiger partial charge >= 0.3 is 0 Å². The summed E-state index contributed by atoms with van der Waals surface area (Å²) in [6.07, 6.45) is 6.42. The second-order valence-corrected chi connectivity index (χ2v) is 19.3. The van der Waals surface area contributed by atoms with Gasteiger partial charge in [-0.25, -0.2) is 22.7 Å². The number of para-hydroxylation sites is 1. The Morgan fingerprint density at radius 1 is 1.01 bits per heavy atom. The Morgan fingerprint density at radius 3 is 2.58 bits per heavy atom. The Labute approximate surface area is 397 Å². The van der Waals surface area contributed by atoms with Crippen LogP contribution in [0.5, 0.6) is 0 Å². The maximum Gasteiger partial charge on any atom is 0.284 e. The van der Waals surface area contributed by atoms with E-state index in [9.17, 15) is 23.2 Å². The molecule has 20 heteroatoms. The number of alkyl halides is 3. The van der Waals surface area contributed by atoms with Crippen molar-refractivity contribution >= 4 is 45.8 Å². The highest BCUT2D eigenvalue weighted by Crippen LogP contribution is 2.37. The molecule has 1 aromatic carbocycles. The number of nitrogens with zero attached hydrogens (tertiary/aromatic N) is 9. The minimum absolute atomic E-state index is 0.0271. The lowest BCUT2D eigenvalue weighted by Crippen LogP contribution is -2.44. The van der Waals surface area contributed by atoms with E-state index >= 15 is 4.39 Å². The van der Waals surface area contributed by atoms with E-state index in [1.54, 1.807) is 22.6 Å². The van der Waals surface area contributed by atoms with Crippen LogP contribution in [-0.2, 0) is 30.8 Å². The number of fused-ring (bicyclic) bond motifs is 2. The maximum absolute atomic E-state index is 16.0. The van der Waals surface area contributed by atoms with Gasteiger partial charge in [0.15, 0.2) is 11.3 Å². The summed E-state index contributed by atoms with van der Waals surface area (Å²) in [5, 5.41) is 19.1. The SMILES string of the molecule is CC1CCN(C[C@H]2CC[C@H](n3cc(NC(=O)c4cnn5ccc(N6CCC(OC7COC7)CC6)nc45)c(C(F)F)n3)CC2)C[C@@H](F)[C@H]1OCC#Cc1cccc2c(C3CCC(=O)NC3=O)nn(C)c12. The highest BCUT2D eigenvalue weighted by atomic mass is 19.3. The number of rotatable bonds is 12. The second kappa shape index (κ2) is 20.2. The number of carbonyl (C=O) groups excluding carboxylic acids is 3. The molecule has 5 aromatic rings. The zero-order valence-corrected chi connectivity index (χ0v) is 38.9. The van der Waals surface area contributed by atoms with Crippen LogP contribution in [0.2, 0.25) is 0 Å². The lowest BCUT2D eigenvalue weighted by molar-refractivity contribution is -0.157. The minimum atomic E-state index is -2.90. The fourth-order valence-electron chi connectivity index (χ4n) is 10.7. The number of aromatic nitrogens is 7. The Morgan fingerprint density at radius 2 is 1.83 bits per heavy atom. The lowest BCUT2D eigenvalue weighted by Gasteiger charge is -2.36. The van der Waals surface area contributed by atoms with E-state index in [2.05, 4.69) is 47.6 Å². The van der Waals surface area contributed by atoms with E-state index in [0.29, 0.717) is 61.1 Å². The summed E-state index contributed by atoms with van der Waals surface area (Å²) in [6, 6.07) is 7.36. The van der Waals surface area contributed by atoms with Crippen molar-refractivity contribution in [3.63, 3.8) is 0 Å². The van der Waals surface area contributed by atoms with E-state index in [1.807, 2.05) is 31.2 Å². The molecule has 4 saturated heterocycles. The number of likely N-dealkylation sites (tertiary alicyclic amines) is 1. The predicted octanol–water partition coefficient (Wildman–Crippen LogP) is 5.75. The number of carbonyl (C=O) groups is 3. The first-order valence-electron chi connectivity index (χ1n) is 24.2. The molecular formula is C49H58F3N11O6. The molecule has 0 radical (unpaired) electrons. The van der Waals surface area contributed by atoms with Crippen molar-refractivity contribution in [3.05, 3.63) is 65.4 Å². The number of ether oxygens (including phenoxy) is 3. The van der Waals surface area contributed by atoms with Crippen LogP contribution in [0.3, 0.4) is 0 Å². The number of piperidine rings is 2.